The monoisotopic (exact) mass is 318 g/mol. The summed E-state index contributed by atoms with van der Waals surface area (Å²) in [5.41, 5.74) is -1.23. The van der Waals surface area contributed by atoms with Crippen molar-refractivity contribution in [1.82, 2.24) is 0 Å². The van der Waals surface area contributed by atoms with E-state index in [1.54, 1.807) is 28.1 Å². The summed E-state index contributed by atoms with van der Waals surface area (Å²) >= 11 is 0. The van der Waals surface area contributed by atoms with E-state index in [4.69, 9.17) is 18.9 Å². The van der Waals surface area contributed by atoms with Crippen molar-refractivity contribution in [2.75, 3.05) is 40.6 Å². The minimum absolute atomic E-state index is 0.291. The minimum Gasteiger partial charge on any atom is -0.465 e. The molecule has 0 N–H and O–H groups in total. The van der Waals surface area contributed by atoms with Crippen molar-refractivity contribution in [3.05, 3.63) is 0 Å². The first-order valence-corrected chi connectivity index (χ1v) is 7.85. The van der Waals surface area contributed by atoms with Gasteiger partial charge in [0.15, 0.2) is 5.41 Å². The van der Waals surface area contributed by atoms with E-state index in [2.05, 4.69) is 0 Å². The Morgan fingerprint density at radius 1 is 0.773 bits per heavy atom. The van der Waals surface area contributed by atoms with Crippen molar-refractivity contribution in [2.24, 2.45) is 5.41 Å². The number of hydrogen-bond acceptors (Lipinski definition) is 6. The van der Waals surface area contributed by atoms with Crippen molar-refractivity contribution in [2.45, 2.75) is 46.0 Å². The molecule has 0 aromatic heterocycles. The molecule has 6 nitrogen and oxygen atoms in total. The van der Waals surface area contributed by atoms with Crippen LogP contribution in [0.4, 0.5) is 0 Å². The van der Waals surface area contributed by atoms with E-state index in [-0.39, 0.29) is 0 Å². The maximum absolute atomic E-state index is 12.1. The van der Waals surface area contributed by atoms with Crippen LogP contribution < -0.4 is 0 Å². The van der Waals surface area contributed by atoms with Gasteiger partial charge in [0, 0.05) is 27.4 Å². The smallest absolute Gasteiger partial charge is 0.323 e. The van der Waals surface area contributed by atoms with Crippen LogP contribution in [0.25, 0.3) is 0 Å². The molecule has 0 saturated heterocycles. The molecule has 0 atom stereocenters. The van der Waals surface area contributed by atoms with Gasteiger partial charge in [-0.25, -0.2) is 0 Å². The number of carbonyl (C=O) groups excluding carboxylic acids is 2. The maximum atomic E-state index is 12.1. The summed E-state index contributed by atoms with van der Waals surface area (Å²) in [6.45, 7) is 5.19. The zero-order chi connectivity index (χ0) is 16.8. The molecule has 0 heterocycles. The van der Waals surface area contributed by atoms with Crippen molar-refractivity contribution in [3.8, 4) is 0 Å². The van der Waals surface area contributed by atoms with Crippen LogP contribution in [0.5, 0.6) is 0 Å². The first-order valence-electron chi connectivity index (χ1n) is 7.85. The van der Waals surface area contributed by atoms with Crippen molar-refractivity contribution >= 4 is 11.9 Å². The Bertz CT molecular complexity index is 290. The second-order valence-electron chi connectivity index (χ2n) is 5.36. The van der Waals surface area contributed by atoms with Gasteiger partial charge in [-0.15, -0.1) is 0 Å². The van der Waals surface area contributed by atoms with E-state index in [9.17, 15) is 9.59 Å². The fraction of sp³-hybridized carbons (Fsp3) is 0.875. The van der Waals surface area contributed by atoms with Crippen LogP contribution in [0, 0.1) is 5.41 Å². The van der Waals surface area contributed by atoms with Crippen LogP contribution >= 0.6 is 0 Å². The maximum Gasteiger partial charge on any atom is 0.323 e. The van der Waals surface area contributed by atoms with Gasteiger partial charge < -0.3 is 18.9 Å². The van der Waals surface area contributed by atoms with Crippen LogP contribution in [-0.2, 0) is 28.5 Å². The number of carbonyl (C=O) groups is 2. The largest absolute Gasteiger partial charge is 0.465 e. The number of unbranched alkanes of at least 4 members (excludes halogenated alkanes) is 2. The zero-order valence-electron chi connectivity index (χ0n) is 14.3. The van der Waals surface area contributed by atoms with Crippen LogP contribution in [0.1, 0.15) is 46.0 Å². The summed E-state index contributed by atoms with van der Waals surface area (Å²) in [5, 5.41) is 0. The molecule has 130 valence electrons. The van der Waals surface area contributed by atoms with E-state index >= 15 is 0 Å². The summed E-state index contributed by atoms with van der Waals surface area (Å²) in [4.78, 5) is 24.3. The third-order valence-corrected chi connectivity index (χ3v) is 3.56. The Balaban J connectivity index is 4.17. The normalized spacial score (nSPS) is 11.3. The highest BCUT2D eigenvalue weighted by Crippen LogP contribution is 2.25. The zero-order valence-corrected chi connectivity index (χ0v) is 14.3. The van der Waals surface area contributed by atoms with Gasteiger partial charge in [0.25, 0.3) is 0 Å². The van der Waals surface area contributed by atoms with Crippen LogP contribution in [0.3, 0.4) is 0 Å². The van der Waals surface area contributed by atoms with Gasteiger partial charge in [0.05, 0.1) is 13.2 Å². The molecular weight excluding hydrogens is 288 g/mol. The van der Waals surface area contributed by atoms with Gasteiger partial charge in [-0.1, -0.05) is 6.92 Å². The molecule has 0 radical (unpaired) electrons. The fourth-order valence-corrected chi connectivity index (χ4v) is 1.72. The second-order valence-corrected chi connectivity index (χ2v) is 5.36. The van der Waals surface area contributed by atoms with E-state index < -0.39 is 17.4 Å². The number of esters is 2. The molecule has 0 aliphatic carbocycles. The molecule has 0 rings (SSSR count). The fourth-order valence-electron chi connectivity index (χ4n) is 1.72. The average molecular weight is 318 g/mol. The SMILES string of the molecule is CCC(C)(C(=O)OCCCCOC)C(=O)OCCCCOC. The number of hydrogen-bond donors (Lipinski definition) is 0. The molecule has 0 aliphatic rings. The molecule has 0 aliphatic heterocycles. The van der Waals surface area contributed by atoms with Gasteiger partial charge in [-0.3, -0.25) is 9.59 Å². The van der Waals surface area contributed by atoms with E-state index in [1.165, 1.54) is 0 Å². The van der Waals surface area contributed by atoms with Gasteiger partial charge in [0.2, 0.25) is 0 Å². The second kappa shape index (κ2) is 12.4. The highest BCUT2D eigenvalue weighted by molar-refractivity contribution is 5.99. The third-order valence-electron chi connectivity index (χ3n) is 3.56. The highest BCUT2D eigenvalue weighted by Gasteiger charge is 2.42. The van der Waals surface area contributed by atoms with Gasteiger partial charge in [-0.05, 0) is 39.0 Å². The summed E-state index contributed by atoms with van der Waals surface area (Å²) in [7, 11) is 3.26. The molecular formula is C16H30O6. The molecule has 22 heavy (non-hydrogen) atoms. The lowest BCUT2D eigenvalue weighted by atomic mass is 9.88. The molecule has 0 spiro atoms. The molecule has 0 aromatic carbocycles. The Kier molecular flexibility index (Phi) is 11.8. The highest BCUT2D eigenvalue weighted by atomic mass is 16.6. The van der Waals surface area contributed by atoms with Crippen LogP contribution in [-0.4, -0.2) is 52.6 Å². The van der Waals surface area contributed by atoms with Crippen molar-refractivity contribution in [1.29, 1.82) is 0 Å². The van der Waals surface area contributed by atoms with Gasteiger partial charge in [-0.2, -0.15) is 0 Å². The van der Waals surface area contributed by atoms with Crippen LogP contribution in [0.15, 0.2) is 0 Å². The third kappa shape index (κ3) is 7.75. The van der Waals surface area contributed by atoms with E-state index in [0.29, 0.717) is 45.7 Å². The lowest BCUT2D eigenvalue weighted by molar-refractivity contribution is -0.171. The molecule has 0 fully saturated rings. The summed E-state index contributed by atoms with van der Waals surface area (Å²) in [5.74, 6) is -1.04. The first kappa shape index (κ1) is 20.9. The van der Waals surface area contributed by atoms with Gasteiger partial charge >= 0.3 is 11.9 Å². The Morgan fingerprint density at radius 2 is 1.14 bits per heavy atom. The predicted octanol–water partition coefficient (Wildman–Crippen LogP) is 2.34. The summed E-state index contributed by atoms with van der Waals surface area (Å²) < 4.78 is 20.2. The predicted molar refractivity (Wildman–Crippen MR) is 82.5 cm³/mol. The van der Waals surface area contributed by atoms with E-state index in [1.807, 2.05) is 0 Å². The number of methoxy groups -OCH3 is 2. The standard InChI is InChI=1S/C16H30O6/c1-5-16(2,14(17)21-12-8-6-10-19-3)15(18)22-13-9-7-11-20-4/h5-13H2,1-4H3. The quantitative estimate of drug-likeness (QED) is 0.295. The number of rotatable bonds is 13. The lowest BCUT2D eigenvalue weighted by Crippen LogP contribution is -2.39. The molecule has 0 bridgehead atoms. The first-order chi connectivity index (χ1) is 10.5. The topological polar surface area (TPSA) is 71.1 Å². The Hall–Kier alpha value is -1.14. The summed E-state index contributed by atoms with van der Waals surface area (Å²) in [6, 6.07) is 0. The molecule has 0 aromatic rings. The molecule has 0 unspecified atom stereocenters. The molecule has 0 amide bonds. The lowest BCUT2D eigenvalue weighted by Gasteiger charge is -2.23. The average Bonchev–Trinajstić information content (AvgIpc) is 2.53. The Morgan fingerprint density at radius 3 is 1.45 bits per heavy atom. The van der Waals surface area contributed by atoms with Crippen LogP contribution in [0.2, 0.25) is 0 Å². The summed E-state index contributed by atoms with van der Waals surface area (Å²) in [6.07, 6.45) is 3.41. The molecule has 6 heteroatoms. The van der Waals surface area contributed by atoms with E-state index in [0.717, 1.165) is 12.8 Å². The van der Waals surface area contributed by atoms with Crippen molar-refractivity contribution < 1.29 is 28.5 Å². The van der Waals surface area contributed by atoms with Gasteiger partial charge in [0.1, 0.15) is 0 Å². The minimum atomic E-state index is -1.23. The molecule has 0 saturated carbocycles. The Labute approximate surface area is 133 Å². The van der Waals surface area contributed by atoms with Crippen molar-refractivity contribution in [3.63, 3.8) is 0 Å². The number of ether oxygens (including phenoxy) is 4.